The van der Waals surface area contributed by atoms with Crippen LogP contribution in [0.3, 0.4) is 0 Å². The Kier molecular flexibility index (Phi) is 14.7. The van der Waals surface area contributed by atoms with Crippen LogP contribution in [0.2, 0.25) is 0 Å². The maximum Gasteiger partial charge on any atom is 0.219 e. The topological polar surface area (TPSA) is 58.2 Å². The first-order valence-electron chi connectivity index (χ1n) is 8.46. The quantitative estimate of drug-likeness (QED) is 0.359. The third-order valence-electron chi connectivity index (χ3n) is 3.37. The van der Waals surface area contributed by atoms with Gasteiger partial charge < -0.3 is 10.6 Å². The van der Waals surface area contributed by atoms with Gasteiger partial charge in [0.15, 0.2) is 0 Å². The molecule has 0 saturated heterocycles. The number of carbonyl (C=O) groups excluding carboxylic acids is 2. The second kappa shape index (κ2) is 15.8. The Morgan fingerprint density at radius 1 is 0.682 bits per heavy atom. The zero-order valence-electron chi connectivity index (χ0n) is 13.9. The molecule has 0 aliphatic heterocycles. The molecule has 0 aromatic carbocycles. The molecule has 0 radical (unpaired) electrons. The molecule has 0 heterocycles. The maximum atomic E-state index is 11.6. The molecule has 0 aliphatic rings. The van der Waals surface area contributed by atoms with Crippen molar-refractivity contribution in [3.05, 3.63) is 25.3 Å². The van der Waals surface area contributed by atoms with Gasteiger partial charge in [-0.3, -0.25) is 9.59 Å². The number of carbonyl (C=O) groups is 2. The van der Waals surface area contributed by atoms with E-state index in [2.05, 4.69) is 23.8 Å². The van der Waals surface area contributed by atoms with Crippen molar-refractivity contribution >= 4 is 11.8 Å². The van der Waals surface area contributed by atoms with Crippen LogP contribution < -0.4 is 10.6 Å². The average Bonchev–Trinajstić information content (AvgIpc) is 2.51. The van der Waals surface area contributed by atoms with Crippen LogP contribution in [0.4, 0.5) is 0 Å². The van der Waals surface area contributed by atoms with Crippen molar-refractivity contribution in [2.24, 2.45) is 0 Å². The molecule has 0 bridgehead atoms. The van der Waals surface area contributed by atoms with E-state index in [9.17, 15) is 9.59 Å². The Hall–Kier alpha value is -1.58. The molecule has 0 saturated carbocycles. The molecule has 4 heteroatoms. The number of allylic oxidation sites excluding steroid dienone is 2. The number of nitrogens with one attached hydrogen (secondary N) is 2. The van der Waals surface area contributed by atoms with Crippen LogP contribution in [-0.4, -0.2) is 24.9 Å². The van der Waals surface area contributed by atoms with Crippen LogP contribution in [0.15, 0.2) is 25.3 Å². The standard InChI is InChI=1S/C18H32N2O2/c1-3-5-7-11-15-19-17(21)13-9-10-14-18(22)20-16-12-8-6-4-2/h3-4H,1-2,5-16H2,(H,19,21)(H,20,22). The van der Waals surface area contributed by atoms with Gasteiger partial charge in [-0.15, -0.1) is 13.2 Å². The van der Waals surface area contributed by atoms with Crippen molar-refractivity contribution in [2.75, 3.05) is 13.1 Å². The van der Waals surface area contributed by atoms with Gasteiger partial charge >= 0.3 is 0 Å². The third-order valence-corrected chi connectivity index (χ3v) is 3.37. The van der Waals surface area contributed by atoms with Gasteiger partial charge in [-0.25, -0.2) is 0 Å². The lowest BCUT2D eigenvalue weighted by Crippen LogP contribution is -2.25. The largest absolute Gasteiger partial charge is 0.356 e. The summed E-state index contributed by atoms with van der Waals surface area (Å²) in [6.45, 7) is 8.80. The van der Waals surface area contributed by atoms with E-state index < -0.39 is 0 Å². The Morgan fingerprint density at radius 3 is 1.45 bits per heavy atom. The predicted molar refractivity (Wildman–Crippen MR) is 92.6 cm³/mol. The van der Waals surface area contributed by atoms with Gasteiger partial charge in [0.05, 0.1) is 0 Å². The van der Waals surface area contributed by atoms with E-state index in [0.717, 1.165) is 64.5 Å². The second-order valence-corrected chi connectivity index (χ2v) is 5.48. The lowest BCUT2D eigenvalue weighted by atomic mass is 10.1. The van der Waals surface area contributed by atoms with Gasteiger partial charge in [0.2, 0.25) is 11.8 Å². The van der Waals surface area contributed by atoms with Crippen molar-refractivity contribution in [2.45, 2.75) is 64.2 Å². The van der Waals surface area contributed by atoms with Crippen LogP contribution in [0.5, 0.6) is 0 Å². The number of hydrogen-bond donors (Lipinski definition) is 2. The van der Waals surface area contributed by atoms with E-state index in [1.165, 1.54) is 0 Å². The Bertz CT molecular complexity index is 295. The summed E-state index contributed by atoms with van der Waals surface area (Å²) in [6, 6.07) is 0. The van der Waals surface area contributed by atoms with Gasteiger partial charge in [0.25, 0.3) is 0 Å². The zero-order chi connectivity index (χ0) is 16.5. The summed E-state index contributed by atoms with van der Waals surface area (Å²) >= 11 is 0. The normalized spacial score (nSPS) is 10.0. The molecule has 0 unspecified atom stereocenters. The minimum atomic E-state index is 0.0865. The maximum absolute atomic E-state index is 11.6. The fourth-order valence-electron chi connectivity index (χ4n) is 2.03. The van der Waals surface area contributed by atoms with Gasteiger partial charge in [-0.2, -0.15) is 0 Å². The summed E-state index contributed by atoms with van der Waals surface area (Å²) in [6.07, 6.45) is 12.5. The molecule has 0 fully saturated rings. The van der Waals surface area contributed by atoms with Crippen molar-refractivity contribution < 1.29 is 9.59 Å². The van der Waals surface area contributed by atoms with Crippen LogP contribution >= 0.6 is 0 Å². The summed E-state index contributed by atoms with van der Waals surface area (Å²) in [5.41, 5.74) is 0. The highest BCUT2D eigenvalue weighted by Crippen LogP contribution is 2.01. The Morgan fingerprint density at radius 2 is 1.09 bits per heavy atom. The fraction of sp³-hybridized carbons (Fsp3) is 0.667. The molecule has 0 rings (SSSR count). The molecule has 0 aromatic rings. The summed E-state index contributed by atoms with van der Waals surface area (Å²) < 4.78 is 0. The SMILES string of the molecule is C=CCCCCNC(=O)CCCCC(=O)NCCCCC=C. The molecule has 0 aliphatic carbocycles. The van der Waals surface area contributed by atoms with E-state index in [1.807, 2.05) is 12.2 Å². The number of rotatable bonds is 15. The minimum absolute atomic E-state index is 0.0865. The van der Waals surface area contributed by atoms with E-state index in [4.69, 9.17) is 0 Å². The minimum Gasteiger partial charge on any atom is -0.356 e. The monoisotopic (exact) mass is 308 g/mol. The molecule has 2 amide bonds. The van der Waals surface area contributed by atoms with Gasteiger partial charge in [0, 0.05) is 25.9 Å². The lowest BCUT2D eigenvalue weighted by molar-refractivity contribution is -0.123. The molecular weight excluding hydrogens is 276 g/mol. The van der Waals surface area contributed by atoms with Crippen molar-refractivity contribution in [3.63, 3.8) is 0 Å². The predicted octanol–water partition coefficient (Wildman–Crippen LogP) is 3.49. The summed E-state index contributed by atoms with van der Waals surface area (Å²) in [5, 5.41) is 5.80. The lowest BCUT2D eigenvalue weighted by Gasteiger charge is -2.06. The van der Waals surface area contributed by atoms with E-state index in [1.54, 1.807) is 0 Å². The molecule has 0 spiro atoms. The fourth-order valence-corrected chi connectivity index (χ4v) is 2.03. The highest BCUT2D eigenvalue weighted by Gasteiger charge is 2.03. The van der Waals surface area contributed by atoms with Gasteiger partial charge in [0.1, 0.15) is 0 Å². The molecule has 126 valence electrons. The van der Waals surface area contributed by atoms with Crippen LogP contribution in [0.25, 0.3) is 0 Å². The average molecular weight is 308 g/mol. The zero-order valence-corrected chi connectivity index (χ0v) is 13.9. The number of amides is 2. The number of unbranched alkanes of at least 4 members (excludes halogenated alkanes) is 5. The highest BCUT2D eigenvalue weighted by molar-refractivity contribution is 5.77. The van der Waals surface area contributed by atoms with Gasteiger partial charge in [-0.05, 0) is 51.4 Å². The second-order valence-electron chi connectivity index (χ2n) is 5.48. The van der Waals surface area contributed by atoms with Gasteiger partial charge in [-0.1, -0.05) is 12.2 Å². The first-order chi connectivity index (χ1) is 10.7. The van der Waals surface area contributed by atoms with Crippen LogP contribution in [0, 0.1) is 0 Å². The Labute approximate surface area is 135 Å². The third kappa shape index (κ3) is 14.8. The van der Waals surface area contributed by atoms with E-state index in [-0.39, 0.29) is 11.8 Å². The Balaban J connectivity index is 3.35. The summed E-state index contributed by atoms with van der Waals surface area (Å²) in [4.78, 5) is 23.1. The molecule has 0 aromatic heterocycles. The molecule has 4 nitrogen and oxygen atoms in total. The first kappa shape index (κ1) is 20.4. The van der Waals surface area contributed by atoms with Crippen molar-refractivity contribution in [1.29, 1.82) is 0 Å². The van der Waals surface area contributed by atoms with E-state index >= 15 is 0 Å². The molecule has 22 heavy (non-hydrogen) atoms. The molecule has 0 atom stereocenters. The smallest absolute Gasteiger partial charge is 0.219 e. The summed E-state index contributed by atoms with van der Waals surface area (Å²) in [7, 11) is 0. The molecule has 2 N–H and O–H groups in total. The van der Waals surface area contributed by atoms with Crippen molar-refractivity contribution in [1.82, 2.24) is 10.6 Å². The van der Waals surface area contributed by atoms with E-state index in [0.29, 0.717) is 12.8 Å². The van der Waals surface area contributed by atoms with Crippen molar-refractivity contribution in [3.8, 4) is 0 Å². The van der Waals surface area contributed by atoms with Crippen LogP contribution in [0.1, 0.15) is 64.2 Å². The highest BCUT2D eigenvalue weighted by atomic mass is 16.2. The number of hydrogen-bond acceptors (Lipinski definition) is 2. The van der Waals surface area contributed by atoms with Crippen LogP contribution in [-0.2, 0) is 9.59 Å². The first-order valence-corrected chi connectivity index (χ1v) is 8.46. The summed E-state index contributed by atoms with van der Waals surface area (Å²) in [5.74, 6) is 0.173. The molecular formula is C18H32N2O2.